The Bertz CT molecular complexity index is 255. The molecule has 1 rings (SSSR count). The molecule has 0 aromatic rings. The van der Waals surface area contributed by atoms with Gasteiger partial charge in [-0.05, 0) is 18.8 Å². The Hall–Kier alpha value is -0.720. The normalized spacial score (nSPS) is 19.8. The fraction of sp³-hybridized carbons (Fsp3) is 0.889. The van der Waals surface area contributed by atoms with Gasteiger partial charge in [0, 0.05) is 19.6 Å². The van der Waals surface area contributed by atoms with E-state index in [2.05, 4.69) is 0 Å². The second-order valence-corrected chi connectivity index (χ2v) is 3.76. The number of ether oxygens (including phenoxy) is 1. The third-order valence-electron chi connectivity index (χ3n) is 2.52. The fourth-order valence-corrected chi connectivity index (χ4v) is 1.50. The van der Waals surface area contributed by atoms with E-state index >= 15 is 0 Å². The van der Waals surface area contributed by atoms with Gasteiger partial charge in [0.15, 0.2) is 0 Å². The molecule has 1 heterocycles. The summed E-state index contributed by atoms with van der Waals surface area (Å²) in [7, 11) is 0. The first-order valence-corrected chi connectivity index (χ1v) is 4.80. The maximum Gasteiger partial charge on any atom is 0.461 e. The van der Waals surface area contributed by atoms with E-state index in [0.29, 0.717) is 26.1 Å². The predicted molar refractivity (Wildman–Crippen MR) is 44.2 cm³/mol. The molecule has 0 saturated carbocycles. The summed E-state index contributed by atoms with van der Waals surface area (Å²) in [5.41, 5.74) is 0. The lowest BCUT2D eigenvalue weighted by atomic mass is 9.92. The van der Waals surface area contributed by atoms with Crippen molar-refractivity contribution < 1.29 is 31.5 Å². The van der Waals surface area contributed by atoms with E-state index in [1.165, 1.54) is 0 Å². The van der Waals surface area contributed by atoms with Gasteiger partial charge in [0.2, 0.25) is 5.78 Å². The quantitative estimate of drug-likeness (QED) is 0.715. The Labute approximate surface area is 88.8 Å². The second kappa shape index (κ2) is 4.65. The molecule has 0 aliphatic carbocycles. The van der Waals surface area contributed by atoms with Gasteiger partial charge in [-0.2, -0.15) is 22.0 Å². The molecule has 0 unspecified atom stereocenters. The van der Waals surface area contributed by atoms with Crippen LogP contribution in [0.1, 0.15) is 19.3 Å². The van der Waals surface area contributed by atoms with Crippen LogP contribution in [0.2, 0.25) is 0 Å². The van der Waals surface area contributed by atoms with Gasteiger partial charge in [-0.3, -0.25) is 4.79 Å². The molecular formula is C9H11F5O2. The predicted octanol–water partition coefficient (Wildman–Crippen LogP) is 2.57. The van der Waals surface area contributed by atoms with Gasteiger partial charge in [0.1, 0.15) is 0 Å². The number of carbonyl (C=O) groups excluding carboxylic acids is 1. The Morgan fingerprint density at radius 3 is 2.06 bits per heavy atom. The van der Waals surface area contributed by atoms with Gasteiger partial charge in [-0.1, -0.05) is 0 Å². The maximum atomic E-state index is 12.6. The van der Waals surface area contributed by atoms with E-state index in [1.54, 1.807) is 0 Å². The van der Waals surface area contributed by atoms with Crippen LogP contribution in [0.25, 0.3) is 0 Å². The number of rotatable bonds is 3. The van der Waals surface area contributed by atoms with Crippen LogP contribution in [0, 0.1) is 5.92 Å². The van der Waals surface area contributed by atoms with Gasteiger partial charge < -0.3 is 4.74 Å². The third kappa shape index (κ3) is 2.90. The number of halogens is 5. The van der Waals surface area contributed by atoms with Crippen LogP contribution in [0.3, 0.4) is 0 Å². The minimum Gasteiger partial charge on any atom is -0.381 e. The summed E-state index contributed by atoms with van der Waals surface area (Å²) in [5.74, 6) is -7.72. The highest BCUT2D eigenvalue weighted by molar-refractivity contribution is 5.86. The van der Waals surface area contributed by atoms with Crippen molar-refractivity contribution in [3.63, 3.8) is 0 Å². The van der Waals surface area contributed by atoms with Gasteiger partial charge in [0.05, 0.1) is 0 Å². The molecule has 0 bridgehead atoms. The van der Waals surface area contributed by atoms with E-state index < -0.39 is 30.2 Å². The molecule has 1 aliphatic heterocycles. The molecule has 0 aromatic heterocycles. The number of hydrogen-bond acceptors (Lipinski definition) is 2. The maximum absolute atomic E-state index is 12.6. The zero-order valence-corrected chi connectivity index (χ0v) is 8.32. The first-order valence-electron chi connectivity index (χ1n) is 4.80. The highest BCUT2D eigenvalue weighted by Gasteiger charge is 2.62. The van der Waals surface area contributed by atoms with Crippen molar-refractivity contribution in [2.45, 2.75) is 31.4 Å². The summed E-state index contributed by atoms with van der Waals surface area (Å²) < 4.78 is 65.6. The van der Waals surface area contributed by atoms with E-state index in [-0.39, 0.29) is 0 Å². The summed E-state index contributed by atoms with van der Waals surface area (Å²) in [4.78, 5) is 10.9. The largest absolute Gasteiger partial charge is 0.461 e. The number of carbonyl (C=O) groups is 1. The Balaban J connectivity index is 2.57. The lowest BCUT2D eigenvalue weighted by Crippen LogP contribution is -2.45. The Morgan fingerprint density at radius 2 is 1.62 bits per heavy atom. The first kappa shape index (κ1) is 13.3. The molecule has 0 radical (unpaired) electrons. The highest BCUT2D eigenvalue weighted by atomic mass is 19.4. The molecule has 0 amide bonds. The molecule has 0 spiro atoms. The highest BCUT2D eigenvalue weighted by Crippen LogP contribution is 2.38. The van der Waals surface area contributed by atoms with Crippen LogP contribution >= 0.6 is 0 Å². The minimum atomic E-state index is -5.80. The van der Waals surface area contributed by atoms with Gasteiger partial charge >= 0.3 is 12.1 Å². The average molecular weight is 246 g/mol. The molecule has 1 fully saturated rings. The van der Waals surface area contributed by atoms with E-state index in [4.69, 9.17) is 4.74 Å². The van der Waals surface area contributed by atoms with Crippen LogP contribution in [-0.2, 0) is 9.53 Å². The van der Waals surface area contributed by atoms with E-state index in [0.717, 1.165) is 0 Å². The molecule has 16 heavy (non-hydrogen) atoms. The first-order chi connectivity index (χ1) is 7.25. The Morgan fingerprint density at radius 1 is 1.12 bits per heavy atom. The molecular weight excluding hydrogens is 235 g/mol. The van der Waals surface area contributed by atoms with Crippen molar-refractivity contribution in [2.24, 2.45) is 5.92 Å². The van der Waals surface area contributed by atoms with Gasteiger partial charge in [0.25, 0.3) is 0 Å². The molecule has 1 saturated heterocycles. The molecule has 1 aliphatic rings. The van der Waals surface area contributed by atoms with Crippen LogP contribution in [-0.4, -0.2) is 31.1 Å². The van der Waals surface area contributed by atoms with Gasteiger partial charge in [-0.15, -0.1) is 0 Å². The second-order valence-electron chi connectivity index (χ2n) is 3.76. The molecule has 7 heteroatoms. The molecule has 2 nitrogen and oxygen atoms in total. The Kier molecular flexibility index (Phi) is 3.88. The smallest absolute Gasteiger partial charge is 0.381 e. The number of Topliss-reactive ketones (excluding diaryl/α,β-unsaturated/α-hetero) is 1. The van der Waals surface area contributed by atoms with Crippen molar-refractivity contribution in [1.29, 1.82) is 0 Å². The van der Waals surface area contributed by atoms with Crippen LogP contribution in [0.5, 0.6) is 0 Å². The van der Waals surface area contributed by atoms with Crippen molar-refractivity contribution in [3.8, 4) is 0 Å². The topological polar surface area (TPSA) is 26.3 Å². The summed E-state index contributed by atoms with van der Waals surface area (Å²) in [5, 5.41) is 0. The van der Waals surface area contributed by atoms with Crippen molar-refractivity contribution in [2.75, 3.05) is 13.2 Å². The standard InChI is InChI=1S/C9H11F5O2/c10-8(11,9(12,13)14)7(15)5-6-1-3-16-4-2-6/h6H,1-5H2. The molecule has 94 valence electrons. The number of hydrogen-bond donors (Lipinski definition) is 0. The lowest BCUT2D eigenvalue weighted by molar-refractivity contribution is -0.269. The fourth-order valence-electron chi connectivity index (χ4n) is 1.50. The minimum absolute atomic E-state index is 0.301. The van der Waals surface area contributed by atoms with Crippen molar-refractivity contribution in [3.05, 3.63) is 0 Å². The molecule has 0 N–H and O–H groups in total. The number of alkyl halides is 5. The van der Waals surface area contributed by atoms with Crippen LogP contribution < -0.4 is 0 Å². The zero-order chi connectivity index (χ0) is 12.4. The monoisotopic (exact) mass is 246 g/mol. The number of ketones is 1. The lowest BCUT2D eigenvalue weighted by Gasteiger charge is -2.24. The summed E-state index contributed by atoms with van der Waals surface area (Å²) in [6.45, 7) is 0.602. The summed E-state index contributed by atoms with van der Waals surface area (Å²) >= 11 is 0. The molecule has 0 atom stereocenters. The zero-order valence-electron chi connectivity index (χ0n) is 8.32. The summed E-state index contributed by atoms with van der Waals surface area (Å²) in [6.07, 6.45) is -5.84. The van der Waals surface area contributed by atoms with Crippen molar-refractivity contribution >= 4 is 5.78 Å². The average Bonchev–Trinajstić information content (AvgIpc) is 2.17. The van der Waals surface area contributed by atoms with Crippen molar-refractivity contribution in [1.82, 2.24) is 0 Å². The summed E-state index contributed by atoms with van der Waals surface area (Å²) in [6, 6.07) is 0. The van der Waals surface area contributed by atoms with E-state index in [1.807, 2.05) is 0 Å². The van der Waals surface area contributed by atoms with Gasteiger partial charge in [-0.25, -0.2) is 0 Å². The molecule has 0 aromatic carbocycles. The SMILES string of the molecule is O=C(CC1CCOCC1)C(F)(F)C(F)(F)F. The van der Waals surface area contributed by atoms with Crippen LogP contribution in [0.15, 0.2) is 0 Å². The van der Waals surface area contributed by atoms with E-state index in [9.17, 15) is 26.7 Å². The third-order valence-corrected chi connectivity index (χ3v) is 2.52. The van der Waals surface area contributed by atoms with Crippen LogP contribution in [0.4, 0.5) is 22.0 Å².